The monoisotopic (exact) mass is 197 g/mol. The number of ether oxygens (including phenoxy) is 1. The van der Waals surface area contributed by atoms with Gasteiger partial charge in [-0.3, -0.25) is 0 Å². The largest absolute Gasteiger partial charge is 0.496 e. The van der Waals surface area contributed by atoms with Crippen LogP contribution < -0.4 is 10.5 Å². The van der Waals surface area contributed by atoms with Gasteiger partial charge in [-0.1, -0.05) is 23.7 Å². The molecule has 0 saturated carbocycles. The minimum atomic E-state index is -0.288. The molecule has 13 heavy (non-hydrogen) atoms. The van der Waals surface area contributed by atoms with Crippen molar-refractivity contribution in [2.75, 3.05) is 7.11 Å². The van der Waals surface area contributed by atoms with Crippen molar-refractivity contribution in [1.29, 1.82) is 0 Å². The van der Waals surface area contributed by atoms with E-state index in [4.69, 9.17) is 22.1 Å². The highest BCUT2D eigenvalue weighted by Gasteiger charge is 2.12. The van der Waals surface area contributed by atoms with Gasteiger partial charge in [0, 0.05) is 10.6 Å². The van der Waals surface area contributed by atoms with Gasteiger partial charge in [-0.25, -0.2) is 0 Å². The van der Waals surface area contributed by atoms with Gasteiger partial charge in [-0.2, -0.15) is 0 Å². The number of nitrogens with two attached hydrogens (primary N) is 1. The van der Waals surface area contributed by atoms with E-state index in [1.807, 2.05) is 12.1 Å². The highest BCUT2D eigenvalue weighted by atomic mass is 35.5. The van der Waals surface area contributed by atoms with E-state index in [9.17, 15) is 0 Å². The number of methoxy groups -OCH3 is 1. The minimum absolute atomic E-state index is 0.288. The summed E-state index contributed by atoms with van der Waals surface area (Å²) in [5.41, 5.74) is 6.57. The maximum absolute atomic E-state index is 5.97. The van der Waals surface area contributed by atoms with Crippen molar-refractivity contribution in [2.24, 2.45) is 5.73 Å². The van der Waals surface area contributed by atoms with Crippen molar-refractivity contribution in [3.63, 3.8) is 0 Å². The average Bonchev–Trinajstić information content (AvgIpc) is 2.16. The first kappa shape index (κ1) is 10.1. The molecule has 1 rings (SSSR count). The van der Waals surface area contributed by atoms with Crippen LogP contribution in [0.1, 0.15) is 11.6 Å². The standard InChI is InChI=1S/C10H12ClNO/c1-3-8(12)10-7(11)5-4-6-9(10)13-2/h3-6,8H,1,12H2,2H3. The van der Waals surface area contributed by atoms with Gasteiger partial charge in [0.1, 0.15) is 5.75 Å². The van der Waals surface area contributed by atoms with Crippen LogP contribution in [-0.2, 0) is 0 Å². The Bertz CT molecular complexity index is 312. The van der Waals surface area contributed by atoms with E-state index in [0.29, 0.717) is 10.8 Å². The third-order valence-corrected chi connectivity index (χ3v) is 2.15. The van der Waals surface area contributed by atoms with E-state index in [2.05, 4.69) is 6.58 Å². The van der Waals surface area contributed by atoms with E-state index in [-0.39, 0.29) is 6.04 Å². The minimum Gasteiger partial charge on any atom is -0.496 e. The Morgan fingerprint density at radius 1 is 1.62 bits per heavy atom. The Morgan fingerprint density at radius 2 is 2.31 bits per heavy atom. The third kappa shape index (κ3) is 2.02. The van der Waals surface area contributed by atoms with E-state index >= 15 is 0 Å². The molecule has 0 spiro atoms. The molecule has 0 radical (unpaired) electrons. The summed E-state index contributed by atoms with van der Waals surface area (Å²) in [5, 5.41) is 0.603. The zero-order valence-corrected chi connectivity index (χ0v) is 8.21. The van der Waals surface area contributed by atoms with Crippen molar-refractivity contribution < 1.29 is 4.74 Å². The molecule has 0 aromatic heterocycles. The lowest BCUT2D eigenvalue weighted by Gasteiger charge is -2.13. The second-order valence-corrected chi connectivity index (χ2v) is 3.02. The topological polar surface area (TPSA) is 35.2 Å². The quantitative estimate of drug-likeness (QED) is 0.756. The highest BCUT2D eigenvalue weighted by Crippen LogP contribution is 2.31. The molecule has 3 heteroatoms. The Balaban J connectivity index is 3.22. The lowest BCUT2D eigenvalue weighted by atomic mass is 10.1. The van der Waals surface area contributed by atoms with Crippen LogP contribution >= 0.6 is 11.6 Å². The van der Waals surface area contributed by atoms with Crippen LogP contribution in [0.5, 0.6) is 5.75 Å². The first-order valence-electron chi connectivity index (χ1n) is 3.91. The Kier molecular flexibility index (Phi) is 3.34. The van der Waals surface area contributed by atoms with Gasteiger partial charge in [0.2, 0.25) is 0 Å². The first-order chi connectivity index (χ1) is 6.20. The van der Waals surface area contributed by atoms with Gasteiger partial charge in [0.15, 0.2) is 0 Å². The molecule has 0 aliphatic carbocycles. The molecule has 0 aliphatic heterocycles. The summed E-state index contributed by atoms with van der Waals surface area (Å²) in [7, 11) is 1.59. The van der Waals surface area contributed by atoms with E-state index in [1.165, 1.54) is 0 Å². The van der Waals surface area contributed by atoms with Gasteiger partial charge in [0.25, 0.3) is 0 Å². The van der Waals surface area contributed by atoms with Crippen LogP contribution in [0, 0.1) is 0 Å². The molecule has 0 bridgehead atoms. The lowest BCUT2D eigenvalue weighted by Crippen LogP contribution is -2.08. The Morgan fingerprint density at radius 3 is 2.85 bits per heavy atom. The van der Waals surface area contributed by atoms with E-state index in [0.717, 1.165) is 5.56 Å². The number of benzene rings is 1. The van der Waals surface area contributed by atoms with Crippen LogP contribution in [0.3, 0.4) is 0 Å². The van der Waals surface area contributed by atoms with Gasteiger partial charge >= 0.3 is 0 Å². The average molecular weight is 198 g/mol. The molecule has 0 saturated heterocycles. The Hall–Kier alpha value is -0.990. The molecule has 1 unspecified atom stereocenters. The maximum Gasteiger partial charge on any atom is 0.125 e. The van der Waals surface area contributed by atoms with Crippen molar-refractivity contribution in [3.05, 3.63) is 41.4 Å². The van der Waals surface area contributed by atoms with Crippen LogP contribution in [0.15, 0.2) is 30.9 Å². The number of hydrogen-bond acceptors (Lipinski definition) is 2. The predicted molar refractivity (Wildman–Crippen MR) is 55.1 cm³/mol. The molecular formula is C10H12ClNO. The molecule has 0 fully saturated rings. The molecule has 1 atom stereocenters. The van der Waals surface area contributed by atoms with Crippen LogP contribution in [0.2, 0.25) is 5.02 Å². The molecule has 0 amide bonds. The predicted octanol–water partition coefficient (Wildman–Crippen LogP) is 2.53. The second-order valence-electron chi connectivity index (χ2n) is 2.62. The summed E-state index contributed by atoms with van der Waals surface area (Å²) in [4.78, 5) is 0. The summed E-state index contributed by atoms with van der Waals surface area (Å²) in [6.07, 6.45) is 1.63. The van der Waals surface area contributed by atoms with E-state index < -0.39 is 0 Å². The molecule has 0 heterocycles. The molecule has 1 aromatic carbocycles. The number of halogens is 1. The van der Waals surface area contributed by atoms with Gasteiger partial charge in [-0.15, -0.1) is 6.58 Å². The summed E-state index contributed by atoms with van der Waals surface area (Å²) in [6, 6.07) is 5.14. The summed E-state index contributed by atoms with van der Waals surface area (Å²) in [5.74, 6) is 0.694. The molecule has 2 N–H and O–H groups in total. The molecule has 0 aliphatic rings. The van der Waals surface area contributed by atoms with Crippen LogP contribution in [0.25, 0.3) is 0 Å². The fourth-order valence-electron chi connectivity index (χ4n) is 1.14. The smallest absolute Gasteiger partial charge is 0.125 e. The van der Waals surface area contributed by atoms with Crippen molar-refractivity contribution in [1.82, 2.24) is 0 Å². The third-order valence-electron chi connectivity index (χ3n) is 1.82. The fourth-order valence-corrected chi connectivity index (χ4v) is 1.43. The maximum atomic E-state index is 5.97. The summed E-state index contributed by atoms with van der Waals surface area (Å²) < 4.78 is 5.14. The SMILES string of the molecule is C=CC(N)c1c(Cl)cccc1OC. The van der Waals surface area contributed by atoms with Gasteiger partial charge < -0.3 is 10.5 Å². The lowest BCUT2D eigenvalue weighted by molar-refractivity contribution is 0.408. The zero-order chi connectivity index (χ0) is 9.84. The first-order valence-corrected chi connectivity index (χ1v) is 4.29. The molecular weight excluding hydrogens is 186 g/mol. The Labute approximate surface area is 83.0 Å². The van der Waals surface area contributed by atoms with Crippen molar-refractivity contribution in [3.8, 4) is 5.75 Å². The second kappa shape index (κ2) is 4.30. The van der Waals surface area contributed by atoms with Crippen LogP contribution in [0.4, 0.5) is 0 Å². The van der Waals surface area contributed by atoms with Gasteiger partial charge in [-0.05, 0) is 12.1 Å². The number of hydrogen-bond donors (Lipinski definition) is 1. The van der Waals surface area contributed by atoms with Crippen molar-refractivity contribution in [2.45, 2.75) is 6.04 Å². The summed E-state index contributed by atoms with van der Waals surface area (Å²) >= 11 is 5.97. The molecule has 2 nitrogen and oxygen atoms in total. The van der Waals surface area contributed by atoms with Gasteiger partial charge in [0.05, 0.1) is 13.2 Å². The highest BCUT2D eigenvalue weighted by molar-refractivity contribution is 6.31. The molecule has 1 aromatic rings. The molecule has 70 valence electrons. The van der Waals surface area contributed by atoms with Crippen LogP contribution in [-0.4, -0.2) is 7.11 Å². The zero-order valence-electron chi connectivity index (χ0n) is 7.46. The number of rotatable bonds is 3. The normalized spacial score (nSPS) is 12.2. The fraction of sp³-hybridized carbons (Fsp3) is 0.200. The summed E-state index contributed by atoms with van der Waals surface area (Å²) in [6.45, 7) is 3.61. The van der Waals surface area contributed by atoms with Crippen molar-refractivity contribution >= 4 is 11.6 Å². The van der Waals surface area contributed by atoms with E-state index in [1.54, 1.807) is 19.3 Å².